The molecule has 160 valence electrons. The number of carbonyl (C=O) groups excluding carboxylic acids is 1. The average Bonchev–Trinajstić information content (AvgIpc) is 3.34. The SMILES string of the molecule is CON(C)C(=O)C=Cc1cn(C(c2ccccc2)(c2ccccc2)c2ccccc2)cn1. The second-order valence-electron chi connectivity index (χ2n) is 7.37. The quantitative estimate of drug-likeness (QED) is 0.245. The number of hydroxylamine groups is 2. The summed E-state index contributed by atoms with van der Waals surface area (Å²) in [4.78, 5) is 21.6. The summed E-state index contributed by atoms with van der Waals surface area (Å²) >= 11 is 0. The molecule has 0 N–H and O–H groups in total. The van der Waals surface area contributed by atoms with Crippen molar-refractivity contribution in [3.05, 3.63) is 132 Å². The van der Waals surface area contributed by atoms with Crippen molar-refractivity contribution >= 4 is 12.0 Å². The van der Waals surface area contributed by atoms with E-state index in [1.165, 1.54) is 13.2 Å². The number of likely N-dealkylation sites (N-methyl/N-ethyl adjacent to an activating group) is 1. The lowest BCUT2D eigenvalue weighted by molar-refractivity contribution is -0.162. The molecule has 0 spiro atoms. The molecule has 0 saturated carbocycles. The van der Waals surface area contributed by atoms with Crippen LogP contribution in [0, 0.1) is 0 Å². The van der Waals surface area contributed by atoms with Gasteiger partial charge in [-0.05, 0) is 22.8 Å². The summed E-state index contributed by atoms with van der Waals surface area (Å²) in [5.41, 5.74) is 3.38. The minimum atomic E-state index is -0.629. The maximum atomic E-state index is 12.1. The number of hydrogen-bond donors (Lipinski definition) is 0. The second-order valence-corrected chi connectivity index (χ2v) is 7.37. The summed E-state index contributed by atoms with van der Waals surface area (Å²) in [5, 5.41) is 1.16. The van der Waals surface area contributed by atoms with Gasteiger partial charge in [-0.3, -0.25) is 9.63 Å². The first-order valence-corrected chi connectivity index (χ1v) is 10.4. The first-order valence-electron chi connectivity index (χ1n) is 10.4. The lowest BCUT2D eigenvalue weighted by Crippen LogP contribution is -2.36. The van der Waals surface area contributed by atoms with E-state index in [9.17, 15) is 4.79 Å². The van der Waals surface area contributed by atoms with Gasteiger partial charge >= 0.3 is 0 Å². The molecule has 0 aliphatic rings. The number of benzene rings is 3. The molecule has 0 aliphatic carbocycles. The van der Waals surface area contributed by atoms with E-state index in [1.54, 1.807) is 13.1 Å². The third kappa shape index (κ3) is 3.98. The molecule has 0 saturated heterocycles. The normalized spacial score (nSPS) is 11.6. The Labute approximate surface area is 188 Å². The van der Waals surface area contributed by atoms with E-state index in [-0.39, 0.29) is 5.91 Å². The molecule has 1 amide bonds. The average molecular weight is 424 g/mol. The third-order valence-corrected chi connectivity index (χ3v) is 5.55. The topological polar surface area (TPSA) is 47.4 Å². The predicted molar refractivity (Wildman–Crippen MR) is 126 cm³/mol. The molecule has 0 bridgehead atoms. The second kappa shape index (κ2) is 9.45. The lowest BCUT2D eigenvalue weighted by Gasteiger charge is -2.37. The zero-order chi connectivity index (χ0) is 22.4. The van der Waals surface area contributed by atoms with Crippen LogP contribution in [0.2, 0.25) is 0 Å². The third-order valence-electron chi connectivity index (χ3n) is 5.55. The van der Waals surface area contributed by atoms with Crippen molar-refractivity contribution in [2.45, 2.75) is 5.54 Å². The van der Waals surface area contributed by atoms with Crippen LogP contribution < -0.4 is 0 Å². The minimum Gasteiger partial charge on any atom is -0.318 e. The van der Waals surface area contributed by atoms with Gasteiger partial charge in [0.1, 0.15) is 5.54 Å². The van der Waals surface area contributed by atoms with Crippen molar-refractivity contribution in [2.24, 2.45) is 0 Å². The number of rotatable bonds is 7. The number of carbonyl (C=O) groups is 1. The van der Waals surface area contributed by atoms with Crippen molar-refractivity contribution in [1.29, 1.82) is 0 Å². The summed E-state index contributed by atoms with van der Waals surface area (Å²) < 4.78 is 2.11. The van der Waals surface area contributed by atoms with Gasteiger partial charge in [0.25, 0.3) is 5.91 Å². The summed E-state index contributed by atoms with van der Waals surface area (Å²) in [6.07, 6.45) is 6.92. The zero-order valence-electron chi connectivity index (χ0n) is 18.1. The molecule has 0 atom stereocenters. The molecule has 0 radical (unpaired) electrons. The molecule has 1 heterocycles. The Kier molecular flexibility index (Phi) is 6.29. The Bertz CT molecular complexity index is 1090. The van der Waals surface area contributed by atoms with Crippen molar-refractivity contribution in [3.8, 4) is 0 Å². The first-order chi connectivity index (χ1) is 15.7. The number of nitrogens with zero attached hydrogens (tertiary/aromatic N) is 3. The minimum absolute atomic E-state index is 0.262. The van der Waals surface area contributed by atoms with Gasteiger partial charge < -0.3 is 4.57 Å². The predicted octanol–water partition coefficient (Wildman–Crippen LogP) is 4.76. The van der Waals surface area contributed by atoms with Crippen LogP contribution in [-0.4, -0.2) is 34.7 Å². The molecule has 3 aromatic carbocycles. The zero-order valence-corrected chi connectivity index (χ0v) is 18.1. The van der Waals surface area contributed by atoms with Crippen molar-refractivity contribution in [2.75, 3.05) is 14.2 Å². The van der Waals surface area contributed by atoms with E-state index in [2.05, 4.69) is 45.9 Å². The molecule has 0 unspecified atom stereocenters. The molecule has 0 fully saturated rings. The Morgan fingerprint density at radius 3 is 1.78 bits per heavy atom. The smallest absolute Gasteiger partial charge is 0.269 e. The largest absolute Gasteiger partial charge is 0.318 e. The molecule has 5 heteroatoms. The number of aromatic nitrogens is 2. The standard InChI is InChI=1S/C27H25N3O2/c1-29(32-2)26(31)19-18-25-20-30(21-28-25)27(22-12-6-3-7-13-22,23-14-8-4-9-15-23)24-16-10-5-11-17-24/h3-21H,1-2H3. The fourth-order valence-electron chi connectivity index (χ4n) is 3.94. The van der Waals surface area contributed by atoms with Gasteiger partial charge in [0.15, 0.2) is 0 Å². The van der Waals surface area contributed by atoms with Gasteiger partial charge in [-0.25, -0.2) is 10.0 Å². The van der Waals surface area contributed by atoms with Crippen LogP contribution in [0.25, 0.3) is 6.08 Å². The van der Waals surface area contributed by atoms with Crippen LogP contribution >= 0.6 is 0 Å². The highest BCUT2D eigenvalue weighted by atomic mass is 16.7. The van der Waals surface area contributed by atoms with Gasteiger partial charge in [0, 0.05) is 19.3 Å². The number of hydrogen-bond acceptors (Lipinski definition) is 3. The highest BCUT2D eigenvalue weighted by molar-refractivity contribution is 5.90. The van der Waals surface area contributed by atoms with E-state index in [0.717, 1.165) is 21.8 Å². The fourth-order valence-corrected chi connectivity index (χ4v) is 3.94. The molecule has 0 aliphatic heterocycles. The summed E-state index contributed by atoms with van der Waals surface area (Å²) in [7, 11) is 3.02. The molecule has 4 rings (SSSR count). The maximum absolute atomic E-state index is 12.1. The van der Waals surface area contributed by atoms with Gasteiger partial charge in [-0.2, -0.15) is 0 Å². The van der Waals surface area contributed by atoms with E-state index in [1.807, 2.05) is 67.1 Å². The molecule has 4 aromatic rings. The Morgan fingerprint density at radius 2 is 1.34 bits per heavy atom. The Balaban J connectivity index is 1.91. The van der Waals surface area contributed by atoms with Crippen LogP contribution in [0.4, 0.5) is 0 Å². The van der Waals surface area contributed by atoms with Gasteiger partial charge in [0.05, 0.1) is 19.1 Å². The highest BCUT2D eigenvalue weighted by Crippen LogP contribution is 2.40. The molecular weight excluding hydrogens is 398 g/mol. The van der Waals surface area contributed by atoms with Gasteiger partial charge in [0.2, 0.25) is 0 Å². The fraction of sp³-hybridized carbons (Fsp3) is 0.111. The van der Waals surface area contributed by atoms with E-state index < -0.39 is 5.54 Å². The monoisotopic (exact) mass is 423 g/mol. The molecular formula is C27H25N3O2. The Hall–Kier alpha value is -3.96. The number of amides is 1. The van der Waals surface area contributed by atoms with Crippen LogP contribution in [-0.2, 0) is 15.2 Å². The number of imidazole rings is 1. The maximum Gasteiger partial charge on any atom is 0.269 e. The molecule has 32 heavy (non-hydrogen) atoms. The van der Waals surface area contributed by atoms with Gasteiger partial charge in [-0.1, -0.05) is 91.0 Å². The first kappa shape index (κ1) is 21.3. The molecule has 5 nitrogen and oxygen atoms in total. The van der Waals surface area contributed by atoms with Crippen LogP contribution in [0.5, 0.6) is 0 Å². The van der Waals surface area contributed by atoms with E-state index >= 15 is 0 Å². The van der Waals surface area contributed by atoms with Crippen molar-refractivity contribution in [1.82, 2.24) is 14.6 Å². The lowest BCUT2D eigenvalue weighted by atomic mass is 9.77. The van der Waals surface area contributed by atoms with E-state index in [4.69, 9.17) is 4.84 Å². The van der Waals surface area contributed by atoms with Crippen molar-refractivity contribution in [3.63, 3.8) is 0 Å². The van der Waals surface area contributed by atoms with Crippen LogP contribution in [0.15, 0.2) is 110 Å². The summed E-state index contributed by atoms with van der Waals surface area (Å²) in [6, 6.07) is 31.1. The van der Waals surface area contributed by atoms with Crippen LogP contribution in [0.1, 0.15) is 22.4 Å². The molecule has 1 aromatic heterocycles. The van der Waals surface area contributed by atoms with Crippen molar-refractivity contribution < 1.29 is 9.63 Å². The van der Waals surface area contributed by atoms with Crippen LogP contribution in [0.3, 0.4) is 0 Å². The Morgan fingerprint density at radius 1 is 0.875 bits per heavy atom. The van der Waals surface area contributed by atoms with E-state index in [0.29, 0.717) is 5.69 Å². The summed E-state index contributed by atoms with van der Waals surface area (Å²) in [6.45, 7) is 0. The summed E-state index contributed by atoms with van der Waals surface area (Å²) in [5.74, 6) is -0.262. The highest BCUT2D eigenvalue weighted by Gasteiger charge is 2.38. The van der Waals surface area contributed by atoms with Gasteiger partial charge in [-0.15, -0.1) is 0 Å².